The molecule has 9 heteroatoms. The smallest absolute Gasteiger partial charge is 0.263 e. The third kappa shape index (κ3) is 3.98. The Bertz CT molecular complexity index is 967. The topological polar surface area (TPSA) is 90.3 Å². The average Bonchev–Trinajstić information content (AvgIpc) is 3.30. The van der Waals surface area contributed by atoms with Crippen LogP contribution in [0.3, 0.4) is 0 Å². The monoisotopic (exact) mass is 407 g/mol. The highest BCUT2D eigenvalue weighted by Crippen LogP contribution is 2.38. The third-order valence-corrected chi connectivity index (χ3v) is 7.50. The minimum Gasteiger partial charge on any atom is -0.484 e. The molecule has 0 bridgehead atoms. The highest BCUT2D eigenvalue weighted by Gasteiger charge is 2.34. The zero-order valence-electron chi connectivity index (χ0n) is 15.0. The minimum absolute atomic E-state index is 0.0729. The van der Waals surface area contributed by atoms with Crippen LogP contribution in [0.5, 0.6) is 5.75 Å². The fourth-order valence-electron chi connectivity index (χ4n) is 3.35. The first-order valence-corrected chi connectivity index (χ1v) is 11.8. The summed E-state index contributed by atoms with van der Waals surface area (Å²) in [4.78, 5) is 12.4. The van der Waals surface area contributed by atoms with Crippen LogP contribution in [-0.2, 0) is 26.1 Å². The number of carbonyl (C=O) groups is 1. The molecule has 27 heavy (non-hydrogen) atoms. The first-order chi connectivity index (χ1) is 12.9. The molecule has 2 aliphatic heterocycles. The lowest BCUT2D eigenvalue weighted by molar-refractivity contribution is -0.118. The number of ether oxygens (including phenoxy) is 1. The van der Waals surface area contributed by atoms with Gasteiger partial charge in [0, 0.05) is 17.1 Å². The van der Waals surface area contributed by atoms with Crippen molar-refractivity contribution in [2.24, 2.45) is 0 Å². The molecule has 1 aromatic carbocycles. The van der Waals surface area contributed by atoms with Crippen LogP contribution < -0.4 is 10.1 Å². The standard InChI is InChI=1S/C18H21N3O4S2/c1-12-2-4-14(5-3-12)25-8-17(22)19-18-15-9-26-10-16(15)20-21(18)13-6-7-27(23,24)11-13/h2-5,13H,6-11H2,1H3,(H,19,22). The summed E-state index contributed by atoms with van der Waals surface area (Å²) in [5.41, 5.74) is 3.04. The van der Waals surface area contributed by atoms with E-state index < -0.39 is 9.84 Å². The maximum Gasteiger partial charge on any atom is 0.263 e. The van der Waals surface area contributed by atoms with Gasteiger partial charge in [0.25, 0.3) is 5.91 Å². The van der Waals surface area contributed by atoms with E-state index in [1.807, 2.05) is 31.2 Å². The Balaban J connectivity index is 1.49. The maximum absolute atomic E-state index is 12.4. The van der Waals surface area contributed by atoms with Gasteiger partial charge in [-0.05, 0) is 25.5 Å². The molecule has 0 spiro atoms. The van der Waals surface area contributed by atoms with Crippen LogP contribution in [0.15, 0.2) is 24.3 Å². The molecule has 3 heterocycles. The van der Waals surface area contributed by atoms with Crippen LogP contribution in [0, 0.1) is 6.92 Å². The lowest BCUT2D eigenvalue weighted by atomic mass is 10.2. The number of benzene rings is 1. The molecular weight excluding hydrogens is 386 g/mol. The number of carbonyl (C=O) groups excluding carboxylic acids is 1. The van der Waals surface area contributed by atoms with Crippen LogP contribution in [0.25, 0.3) is 0 Å². The molecule has 2 aromatic rings. The molecule has 1 atom stereocenters. The van der Waals surface area contributed by atoms with Gasteiger partial charge in [0.1, 0.15) is 11.6 Å². The van der Waals surface area contributed by atoms with E-state index >= 15 is 0 Å². The van der Waals surface area contributed by atoms with Crippen LogP contribution in [-0.4, -0.2) is 42.2 Å². The van der Waals surface area contributed by atoms with Gasteiger partial charge < -0.3 is 10.1 Å². The van der Waals surface area contributed by atoms with Crippen molar-refractivity contribution in [3.63, 3.8) is 0 Å². The highest BCUT2D eigenvalue weighted by molar-refractivity contribution is 7.98. The van der Waals surface area contributed by atoms with Gasteiger partial charge in [-0.15, -0.1) is 0 Å². The van der Waals surface area contributed by atoms with Crippen molar-refractivity contribution >= 4 is 33.3 Å². The summed E-state index contributed by atoms with van der Waals surface area (Å²) in [6.45, 7) is 1.87. The van der Waals surface area contributed by atoms with Crippen LogP contribution in [0.1, 0.15) is 29.3 Å². The fourth-order valence-corrected chi connectivity index (χ4v) is 6.08. The highest BCUT2D eigenvalue weighted by atomic mass is 32.2. The number of aryl methyl sites for hydroxylation is 1. The number of fused-ring (bicyclic) bond motifs is 1. The van der Waals surface area contributed by atoms with Crippen LogP contribution in [0.4, 0.5) is 5.82 Å². The summed E-state index contributed by atoms with van der Waals surface area (Å²) in [7, 11) is -3.03. The van der Waals surface area contributed by atoms with E-state index in [-0.39, 0.29) is 30.1 Å². The number of amides is 1. The molecule has 1 N–H and O–H groups in total. The van der Waals surface area contributed by atoms with E-state index in [0.29, 0.717) is 18.0 Å². The quantitative estimate of drug-likeness (QED) is 0.818. The number of hydrogen-bond acceptors (Lipinski definition) is 6. The summed E-state index contributed by atoms with van der Waals surface area (Å²) in [6.07, 6.45) is 0.527. The van der Waals surface area contributed by atoms with Gasteiger partial charge in [0.05, 0.1) is 23.2 Å². The Kier molecular flexibility index (Phi) is 4.90. The minimum atomic E-state index is -3.03. The molecule has 1 unspecified atom stereocenters. The maximum atomic E-state index is 12.4. The van der Waals surface area contributed by atoms with Crippen molar-refractivity contribution in [2.45, 2.75) is 30.9 Å². The lowest BCUT2D eigenvalue weighted by Gasteiger charge is -2.15. The fraction of sp³-hybridized carbons (Fsp3) is 0.444. The molecule has 1 amide bonds. The Labute approximate surface area is 162 Å². The third-order valence-electron chi connectivity index (χ3n) is 4.78. The molecule has 4 rings (SSSR count). The predicted octanol–water partition coefficient (Wildman–Crippen LogP) is 2.32. The number of anilines is 1. The number of nitrogens with one attached hydrogen (secondary N) is 1. The molecule has 2 aliphatic rings. The van der Waals surface area contributed by atoms with Gasteiger partial charge in [0.2, 0.25) is 0 Å². The van der Waals surface area contributed by atoms with Gasteiger partial charge in [-0.25, -0.2) is 13.1 Å². The van der Waals surface area contributed by atoms with E-state index in [2.05, 4.69) is 10.4 Å². The van der Waals surface area contributed by atoms with Crippen molar-refractivity contribution in [3.05, 3.63) is 41.1 Å². The van der Waals surface area contributed by atoms with E-state index in [1.165, 1.54) is 0 Å². The first-order valence-electron chi connectivity index (χ1n) is 8.79. The lowest BCUT2D eigenvalue weighted by Crippen LogP contribution is -2.24. The molecule has 0 radical (unpaired) electrons. The second kappa shape index (κ2) is 7.20. The van der Waals surface area contributed by atoms with Gasteiger partial charge >= 0.3 is 0 Å². The number of rotatable bonds is 5. The molecular formula is C18H21N3O4S2. The summed E-state index contributed by atoms with van der Waals surface area (Å²) < 4.78 is 31.0. The van der Waals surface area contributed by atoms with Crippen molar-refractivity contribution in [1.29, 1.82) is 0 Å². The van der Waals surface area contributed by atoms with Gasteiger partial charge in [0.15, 0.2) is 16.4 Å². The second-order valence-electron chi connectivity index (χ2n) is 6.92. The Morgan fingerprint density at radius 1 is 1.33 bits per heavy atom. The predicted molar refractivity (Wildman–Crippen MR) is 105 cm³/mol. The average molecular weight is 408 g/mol. The van der Waals surface area contributed by atoms with E-state index in [4.69, 9.17) is 4.74 Å². The molecule has 144 valence electrons. The van der Waals surface area contributed by atoms with E-state index in [0.717, 1.165) is 28.3 Å². The molecule has 0 saturated carbocycles. The first kappa shape index (κ1) is 18.4. The molecule has 7 nitrogen and oxygen atoms in total. The number of aromatic nitrogens is 2. The van der Waals surface area contributed by atoms with Crippen molar-refractivity contribution in [1.82, 2.24) is 9.78 Å². The largest absolute Gasteiger partial charge is 0.484 e. The van der Waals surface area contributed by atoms with Crippen molar-refractivity contribution in [3.8, 4) is 5.75 Å². The number of thioether (sulfide) groups is 1. The summed E-state index contributed by atoms with van der Waals surface area (Å²) in [5.74, 6) is 2.76. The normalized spacial score (nSPS) is 20.4. The Morgan fingerprint density at radius 2 is 2.11 bits per heavy atom. The van der Waals surface area contributed by atoms with Crippen molar-refractivity contribution < 1.29 is 17.9 Å². The van der Waals surface area contributed by atoms with E-state index in [1.54, 1.807) is 16.4 Å². The zero-order chi connectivity index (χ0) is 19.0. The summed E-state index contributed by atoms with van der Waals surface area (Å²) >= 11 is 1.74. The number of hydrogen-bond donors (Lipinski definition) is 1. The molecule has 1 fully saturated rings. The number of sulfone groups is 1. The SMILES string of the molecule is Cc1ccc(OCC(=O)Nc2c3c(nn2C2CCS(=O)(=O)C2)CSC3)cc1. The molecule has 1 saturated heterocycles. The molecule has 0 aliphatic carbocycles. The summed E-state index contributed by atoms with van der Waals surface area (Å²) in [6, 6.07) is 7.27. The molecule has 1 aromatic heterocycles. The van der Waals surface area contributed by atoms with Gasteiger partial charge in [-0.1, -0.05) is 17.7 Å². The zero-order valence-corrected chi connectivity index (χ0v) is 16.6. The van der Waals surface area contributed by atoms with Gasteiger partial charge in [-0.2, -0.15) is 16.9 Å². The van der Waals surface area contributed by atoms with E-state index in [9.17, 15) is 13.2 Å². The van der Waals surface area contributed by atoms with Gasteiger partial charge in [-0.3, -0.25) is 4.79 Å². The summed E-state index contributed by atoms with van der Waals surface area (Å²) in [5, 5.41) is 7.50. The number of nitrogens with zero attached hydrogens (tertiary/aromatic N) is 2. The van der Waals surface area contributed by atoms with Crippen molar-refractivity contribution in [2.75, 3.05) is 23.4 Å². The second-order valence-corrected chi connectivity index (χ2v) is 10.1. The van der Waals surface area contributed by atoms with Crippen LogP contribution >= 0.6 is 11.8 Å². The van der Waals surface area contributed by atoms with Crippen LogP contribution in [0.2, 0.25) is 0 Å². The Hall–Kier alpha value is -2.00. The Morgan fingerprint density at radius 3 is 2.81 bits per heavy atom.